The summed E-state index contributed by atoms with van der Waals surface area (Å²) in [5.41, 5.74) is 26.2. The van der Waals surface area contributed by atoms with E-state index in [1.54, 1.807) is 6.92 Å². The van der Waals surface area contributed by atoms with Crippen molar-refractivity contribution >= 4 is 74.1 Å². The van der Waals surface area contributed by atoms with E-state index < -0.39 is 5.41 Å². The van der Waals surface area contributed by atoms with Crippen LogP contribution >= 0.6 is 0 Å². The highest BCUT2D eigenvalue weighted by Gasteiger charge is 2.40. The molecule has 1 saturated heterocycles. The third-order valence-corrected chi connectivity index (χ3v) is 14.7. The molecule has 7 aromatic rings. The first kappa shape index (κ1) is 45.7. The zero-order valence-corrected chi connectivity index (χ0v) is 40.2. The number of nitrogens with zero attached hydrogens (tertiary/aromatic N) is 8. The minimum absolute atomic E-state index is 0.0539. The molecule has 6 heterocycles. The monoisotopic (exact) mass is 934 g/mol. The number of amides is 3. The van der Waals surface area contributed by atoms with E-state index in [0.29, 0.717) is 60.0 Å². The maximum Gasteiger partial charge on any atom is 0.250 e. The van der Waals surface area contributed by atoms with Gasteiger partial charge in [-0.05, 0) is 117 Å². The number of rotatable bonds is 11. The van der Waals surface area contributed by atoms with Crippen molar-refractivity contribution in [3.63, 3.8) is 0 Å². The largest absolute Gasteiger partial charge is 0.383 e. The lowest BCUT2D eigenvalue weighted by molar-refractivity contribution is -0.140. The average molecular weight is 935 g/mol. The van der Waals surface area contributed by atoms with E-state index >= 15 is 0 Å². The van der Waals surface area contributed by atoms with Crippen molar-refractivity contribution in [2.75, 3.05) is 47.1 Å². The fourth-order valence-electron chi connectivity index (χ4n) is 10.9. The molecule has 0 radical (unpaired) electrons. The van der Waals surface area contributed by atoms with Gasteiger partial charge in [-0.15, -0.1) is 0 Å². The van der Waals surface area contributed by atoms with Crippen molar-refractivity contribution < 1.29 is 14.4 Å². The molecule has 3 aromatic carbocycles. The molecular weight excluding hydrogens is 877 g/mol. The van der Waals surface area contributed by atoms with Crippen molar-refractivity contribution in [2.45, 2.75) is 71.4 Å². The van der Waals surface area contributed by atoms with Gasteiger partial charge in [-0.2, -0.15) is 0 Å². The van der Waals surface area contributed by atoms with Crippen molar-refractivity contribution in [1.82, 2.24) is 34.0 Å². The van der Waals surface area contributed by atoms with Gasteiger partial charge < -0.3 is 41.0 Å². The quantitative estimate of drug-likeness (QED) is 0.0909. The molecule has 356 valence electrons. The number of anilines is 5. The van der Waals surface area contributed by atoms with Gasteiger partial charge in [0.2, 0.25) is 11.8 Å². The van der Waals surface area contributed by atoms with Gasteiger partial charge in [0, 0.05) is 79.1 Å². The Morgan fingerprint density at radius 3 is 2.20 bits per heavy atom. The van der Waals surface area contributed by atoms with Gasteiger partial charge in [0.05, 0.1) is 27.6 Å². The number of fused-ring (bicyclic) bond motifs is 3. The second-order valence-electron chi connectivity index (χ2n) is 19.3. The summed E-state index contributed by atoms with van der Waals surface area (Å²) in [7, 11) is 4.12. The normalized spacial score (nSPS) is 17.9. The fourth-order valence-corrected chi connectivity index (χ4v) is 10.9. The number of nitrogen functional groups attached to an aromatic ring is 2. The second-order valence-corrected chi connectivity index (χ2v) is 19.3. The summed E-state index contributed by atoms with van der Waals surface area (Å²) in [6.07, 6.45) is 12.3. The van der Waals surface area contributed by atoms with Crippen LogP contribution in [0.25, 0.3) is 61.3 Å². The highest BCUT2D eigenvalue weighted by molar-refractivity contribution is 6.09. The second kappa shape index (κ2) is 18.1. The molecule has 0 spiro atoms. The lowest BCUT2D eigenvalue weighted by atomic mass is 9.74. The zero-order valence-electron chi connectivity index (χ0n) is 40.2. The number of carbonyl (C=O) groups is 3. The van der Waals surface area contributed by atoms with E-state index in [0.717, 1.165) is 106 Å². The summed E-state index contributed by atoms with van der Waals surface area (Å²) in [6, 6.07) is 22.2. The van der Waals surface area contributed by atoms with Gasteiger partial charge in [-0.3, -0.25) is 14.4 Å². The third kappa shape index (κ3) is 8.04. The standard InChI is InChI=1S/C55H58N12O3/c1-7-42(68)62-39-12-10-11-37(28-39)47-44(45-49(56)58-30-60-51(45)65(47)6)36-16-20-41-35(27-36)15-19-40(64(41)5)29-67-48(34-13-17-38(18-14-34)63-53(69)32(2)3)43(46-50(57)59-31-61-52(46)67)33-21-23-55(4,24-22-33)54(70)66-25-8-9-26-66/h7,10-14,16-18,20-21,27-28,30-31,40H,1-2,8-9,15,19,22-26,29H2,3-6H3,(H,62,68)(H,63,69)(H2,56,58,60)(H2,57,59,61)/t40?,55-/m0/s1. The van der Waals surface area contributed by atoms with Gasteiger partial charge in [-0.1, -0.05) is 56.5 Å². The van der Waals surface area contributed by atoms with Crippen LogP contribution in [0.5, 0.6) is 0 Å². The first-order chi connectivity index (χ1) is 33.7. The summed E-state index contributed by atoms with van der Waals surface area (Å²) in [5, 5.41) is 7.39. The van der Waals surface area contributed by atoms with E-state index in [1.807, 2.05) is 65.0 Å². The third-order valence-electron chi connectivity index (χ3n) is 14.7. The van der Waals surface area contributed by atoms with Crippen molar-refractivity contribution in [1.29, 1.82) is 0 Å². The number of aromatic nitrogens is 6. The van der Waals surface area contributed by atoms with Crippen molar-refractivity contribution in [3.8, 4) is 33.6 Å². The van der Waals surface area contributed by atoms with Gasteiger partial charge in [-0.25, -0.2) is 19.9 Å². The Morgan fingerprint density at radius 1 is 0.814 bits per heavy atom. The lowest BCUT2D eigenvalue weighted by Crippen LogP contribution is -2.41. The number of nitrogens with one attached hydrogen (secondary N) is 2. The molecule has 2 aliphatic heterocycles. The molecule has 6 N–H and O–H groups in total. The number of allylic oxidation sites excluding steroid dienone is 2. The molecule has 3 amide bonds. The Hall–Kier alpha value is -8.07. The van der Waals surface area contributed by atoms with Gasteiger partial charge in [0.1, 0.15) is 35.6 Å². The predicted molar refractivity (Wildman–Crippen MR) is 280 cm³/mol. The van der Waals surface area contributed by atoms with E-state index in [4.69, 9.17) is 16.5 Å². The molecule has 0 bridgehead atoms. The number of benzene rings is 3. The number of likely N-dealkylation sites (N-methyl/N-ethyl adjacent to an activating group) is 1. The Bertz CT molecular complexity index is 3320. The van der Waals surface area contributed by atoms with Crippen LogP contribution in [0.1, 0.15) is 63.5 Å². The highest BCUT2D eigenvalue weighted by atomic mass is 16.2. The number of carbonyl (C=O) groups excluding carboxylic acids is 3. The Morgan fingerprint density at radius 2 is 1.51 bits per heavy atom. The van der Waals surface area contributed by atoms with E-state index in [1.165, 1.54) is 24.3 Å². The van der Waals surface area contributed by atoms with E-state index in [-0.39, 0.29) is 23.8 Å². The highest BCUT2D eigenvalue weighted by Crippen LogP contribution is 2.48. The summed E-state index contributed by atoms with van der Waals surface area (Å²) < 4.78 is 4.33. The topological polar surface area (TPSA) is 195 Å². The molecule has 0 saturated carbocycles. The number of hydrogen-bond donors (Lipinski definition) is 4. The zero-order chi connectivity index (χ0) is 49.0. The first-order valence-corrected chi connectivity index (χ1v) is 23.9. The molecule has 1 unspecified atom stereocenters. The van der Waals surface area contributed by atoms with Crippen LogP contribution in [0.15, 0.2) is 110 Å². The van der Waals surface area contributed by atoms with Crippen LogP contribution in [0.4, 0.5) is 28.7 Å². The van der Waals surface area contributed by atoms with Crippen LogP contribution in [-0.2, 0) is 34.4 Å². The van der Waals surface area contributed by atoms with Crippen LogP contribution in [0.3, 0.4) is 0 Å². The smallest absolute Gasteiger partial charge is 0.250 e. The first-order valence-electron chi connectivity index (χ1n) is 23.9. The maximum atomic E-state index is 13.9. The Labute approximate surface area is 407 Å². The predicted octanol–water partition coefficient (Wildman–Crippen LogP) is 9.16. The molecule has 2 atom stereocenters. The van der Waals surface area contributed by atoms with Gasteiger partial charge >= 0.3 is 0 Å². The van der Waals surface area contributed by atoms with Crippen LogP contribution in [-0.4, -0.2) is 77.9 Å². The molecule has 4 aromatic heterocycles. The number of nitrogens with two attached hydrogens (primary N) is 2. The summed E-state index contributed by atoms with van der Waals surface area (Å²) >= 11 is 0. The molecule has 15 nitrogen and oxygen atoms in total. The number of hydrogen-bond acceptors (Lipinski definition) is 10. The Kier molecular flexibility index (Phi) is 11.8. The summed E-state index contributed by atoms with van der Waals surface area (Å²) in [4.78, 5) is 61.8. The SMILES string of the molecule is C=CC(=O)Nc1cccc(-c2c(-c3ccc4c(c3)CCC(Cn3c(-c5ccc(NC(=O)C(=C)C)cc5)c(C5=CC[C@](C)(C(=O)N6CCCC6)CC5)c5c(N)ncnc53)N4C)c3c(N)ncnc3n2C)c1. The van der Waals surface area contributed by atoms with Crippen LogP contribution < -0.4 is 27.0 Å². The molecule has 15 heteroatoms. The van der Waals surface area contributed by atoms with Crippen molar-refractivity contribution in [3.05, 3.63) is 121 Å². The molecular formula is C55H58N12O3. The average Bonchev–Trinajstić information content (AvgIpc) is 4.09. The molecule has 3 aliphatic rings. The van der Waals surface area contributed by atoms with Crippen LogP contribution in [0, 0.1) is 5.41 Å². The minimum Gasteiger partial charge on any atom is -0.383 e. The molecule has 1 fully saturated rings. The molecule has 10 rings (SSSR count). The summed E-state index contributed by atoms with van der Waals surface area (Å²) in [6.45, 7) is 13.4. The molecule has 1 aliphatic carbocycles. The van der Waals surface area contributed by atoms with E-state index in [9.17, 15) is 14.4 Å². The maximum absolute atomic E-state index is 13.9. The molecule has 70 heavy (non-hydrogen) atoms. The lowest BCUT2D eigenvalue weighted by Gasteiger charge is -2.37. The summed E-state index contributed by atoms with van der Waals surface area (Å²) in [5.74, 6) is 0.481. The van der Waals surface area contributed by atoms with Gasteiger partial charge in [0.15, 0.2) is 0 Å². The minimum atomic E-state index is -0.485. The van der Waals surface area contributed by atoms with Gasteiger partial charge in [0.25, 0.3) is 5.91 Å². The van der Waals surface area contributed by atoms with Crippen molar-refractivity contribution in [2.24, 2.45) is 12.5 Å². The number of likely N-dealkylation sites (tertiary alicyclic amines) is 1. The Balaban J connectivity index is 1.04. The van der Waals surface area contributed by atoms with Crippen LogP contribution in [0.2, 0.25) is 0 Å². The fraction of sp³-hybridized carbons (Fsp3) is 0.291. The number of aryl methyl sites for hydroxylation is 2. The van der Waals surface area contributed by atoms with E-state index in [2.05, 4.69) is 86.5 Å².